The lowest BCUT2D eigenvalue weighted by Crippen LogP contribution is -2.48. The Labute approximate surface area is 211 Å². The van der Waals surface area contributed by atoms with Gasteiger partial charge in [-0.05, 0) is 56.1 Å². The van der Waals surface area contributed by atoms with Crippen molar-refractivity contribution in [3.63, 3.8) is 0 Å². The summed E-state index contributed by atoms with van der Waals surface area (Å²) in [5.41, 5.74) is 2.89. The van der Waals surface area contributed by atoms with Crippen molar-refractivity contribution in [2.75, 3.05) is 12.3 Å². The second-order valence-electron chi connectivity index (χ2n) is 10.6. The highest BCUT2D eigenvalue weighted by Crippen LogP contribution is 2.23. The van der Waals surface area contributed by atoms with Crippen LogP contribution in [0.1, 0.15) is 76.5 Å². The van der Waals surface area contributed by atoms with Crippen LogP contribution in [0.15, 0.2) is 18.2 Å². The molecule has 0 aromatic heterocycles. The van der Waals surface area contributed by atoms with E-state index in [-0.39, 0.29) is 35.7 Å². The summed E-state index contributed by atoms with van der Waals surface area (Å²) in [5, 5.41) is 16.8. The molecule has 0 saturated carbocycles. The van der Waals surface area contributed by atoms with Gasteiger partial charge in [-0.1, -0.05) is 57.9 Å². The fourth-order valence-corrected chi connectivity index (χ4v) is 6.45. The van der Waals surface area contributed by atoms with E-state index in [0.717, 1.165) is 42.4 Å². The standard InChI is InChI=1S/C27H44N2O5S/c1-6-7-10-28-26(31)20(4)14-25(30)24-13-18(2)8-9-22-11-19(3)12-23(15-22)17-35(33,34)16-21(5)27(32)29-24/h11-12,15,18,20-21,24-25,30H,6-10,13-14,16-17H2,1-5H3,(H,28,31)(H,29,32)/t18-,20-,21-,24+,25+/m1/s1. The van der Waals surface area contributed by atoms with Crippen LogP contribution >= 0.6 is 0 Å². The van der Waals surface area contributed by atoms with Crippen molar-refractivity contribution in [3.05, 3.63) is 34.9 Å². The fraction of sp³-hybridized carbons (Fsp3) is 0.704. The van der Waals surface area contributed by atoms with E-state index >= 15 is 0 Å². The Morgan fingerprint density at radius 1 is 1.23 bits per heavy atom. The molecule has 1 heterocycles. The van der Waals surface area contributed by atoms with Crippen molar-refractivity contribution in [1.82, 2.24) is 10.6 Å². The van der Waals surface area contributed by atoms with Crippen LogP contribution in [0.25, 0.3) is 0 Å². The van der Waals surface area contributed by atoms with Gasteiger partial charge in [0, 0.05) is 18.4 Å². The number of rotatable bonds is 7. The number of unbranched alkanes of at least 4 members (excludes halogenated alkanes) is 1. The monoisotopic (exact) mass is 508 g/mol. The van der Waals surface area contributed by atoms with Crippen LogP contribution in [0.2, 0.25) is 0 Å². The van der Waals surface area contributed by atoms with E-state index in [1.165, 1.54) is 0 Å². The van der Waals surface area contributed by atoms with Gasteiger partial charge in [-0.3, -0.25) is 9.59 Å². The topological polar surface area (TPSA) is 113 Å². The molecule has 1 aromatic rings. The molecule has 2 amide bonds. The molecule has 3 N–H and O–H groups in total. The third-order valence-corrected chi connectivity index (χ3v) is 8.56. The van der Waals surface area contributed by atoms with Gasteiger partial charge in [-0.2, -0.15) is 0 Å². The van der Waals surface area contributed by atoms with Crippen molar-refractivity contribution in [2.24, 2.45) is 17.8 Å². The first-order chi connectivity index (χ1) is 16.4. The summed E-state index contributed by atoms with van der Waals surface area (Å²) in [4.78, 5) is 25.4. The van der Waals surface area contributed by atoms with Crippen molar-refractivity contribution >= 4 is 21.7 Å². The highest BCUT2D eigenvalue weighted by Gasteiger charge is 2.30. The number of carbonyl (C=O) groups excluding carboxylic acids is 2. The molecule has 8 heteroatoms. The van der Waals surface area contributed by atoms with E-state index in [2.05, 4.69) is 30.5 Å². The summed E-state index contributed by atoms with van der Waals surface area (Å²) >= 11 is 0. The third kappa shape index (κ3) is 9.92. The summed E-state index contributed by atoms with van der Waals surface area (Å²) in [6, 6.07) is 5.39. The van der Waals surface area contributed by atoms with Crippen LogP contribution in [0.5, 0.6) is 0 Å². The maximum atomic E-state index is 13.0. The molecule has 1 aromatic carbocycles. The Balaban J connectivity index is 2.21. The summed E-state index contributed by atoms with van der Waals surface area (Å²) in [6.45, 7) is 10.1. The highest BCUT2D eigenvalue weighted by atomic mass is 32.2. The number of nitrogens with one attached hydrogen (secondary N) is 2. The molecule has 2 rings (SSSR count). The second-order valence-corrected chi connectivity index (χ2v) is 12.7. The van der Waals surface area contributed by atoms with Gasteiger partial charge in [0.15, 0.2) is 9.84 Å². The molecule has 0 fully saturated rings. The zero-order valence-electron chi connectivity index (χ0n) is 22.0. The van der Waals surface area contributed by atoms with Gasteiger partial charge in [0.1, 0.15) is 0 Å². The number of hydrogen-bond donors (Lipinski definition) is 3. The minimum Gasteiger partial charge on any atom is -0.391 e. The van der Waals surface area contributed by atoms with Crippen LogP contribution in [0, 0.1) is 24.7 Å². The van der Waals surface area contributed by atoms with E-state index in [0.29, 0.717) is 13.0 Å². The number of aliphatic hydroxyl groups is 1. The molecule has 0 spiro atoms. The quantitative estimate of drug-likeness (QED) is 0.489. The van der Waals surface area contributed by atoms with Gasteiger partial charge < -0.3 is 15.7 Å². The number of hydrogen-bond acceptors (Lipinski definition) is 5. The number of carbonyl (C=O) groups is 2. The maximum absolute atomic E-state index is 13.0. The van der Waals surface area contributed by atoms with E-state index in [1.54, 1.807) is 13.8 Å². The first kappa shape index (κ1) is 29.3. The molecule has 2 bridgehead atoms. The largest absolute Gasteiger partial charge is 0.391 e. The number of sulfone groups is 1. The molecule has 5 atom stereocenters. The Morgan fingerprint density at radius 3 is 2.60 bits per heavy atom. The smallest absolute Gasteiger partial charge is 0.224 e. The summed E-state index contributed by atoms with van der Waals surface area (Å²) < 4.78 is 25.7. The Hall–Kier alpha value is -1.93. The SMILES string of the molecule is CCCCNC(=O)[C@H](C)C[C@H](O)[C@@H]1C[C@H](C)CCc2cc(C)cc(c2)CS(=O)(=O)C[C@@H](C)C(=O)N1. The summed E-state index contributed by atoms with van der Waals surface area (Å²) in [5.74, 6) is -1.76. The summed E-state index contributed by atoms with van der Waals surface area (Å²) in [7, 11) is -3.49. The minimum atomic E-state index is -3.49. The molecule has 35 heavy (non-hydrogen) atoms. The Morgan fingerprint density at radius 2 is 1.91 bits per heavy atom. The van der Waals surface area contributed by atoms with E-state index < -0.39 is 33.8 Å². The highest BCUT2D eigenvalue weighted by molar-refractivity contribution is 7.90. The van der Waals surface area contributed by atoms with Crippen LogP contribution in [-0.4, -0.2) is 49.8 Å². The average molecular weight is 509 g/mol. The zero-order chi connectivity index (χ0) is 26.2. The predicted molar refractivity (Wildman–Crippen MR) is 140 cm³/mol. The molecular weight excluding hydrogens is 464 g/mol. The van der Waals surface area contributed by atoms with E-state index in [1.807, 2.05) is 19.1 Å². The van der Waals surface area contributed by atoms with Gasteiger partial charge >= 0.3 is 0 Å². The maximum Gasteiger partial charge on any atom is 0.224 e. The van der Waals surface area contributed by atoms with Crippen LogP contribution in [0.4, 0.5) is 0 Å². The van der Waals surface area contributed by atoms with Crippen LogP contribution in [-0.2, 0) is 31.6 Å². The molecule has 1 aliphatic rings. The molecule has 0 aliphatic carbocycles. The molecule has 0 saturated heterocycles. The van der Waals surface area contributed by atoms with Gasteiger partial charge in [-0.15, -0.1) is 0 Å². The third-order valence-electron chi connectivity index (χ3n) is 6.78. The van der Waals surface area contributed by atoms with Crippen LogP contribution < -0.4 is 10.6 Å². The van der Waals surface area contributed by atoms with Gasteiger partial charge in [-0.25, -0.2) is 8.42 Å². The van der Waals surface area contributed by atoms with Crippen molar-refractivity contribution < 1.29 is 23.1 Å². The molecule has 7 nitrogen and oxygen atoms in total. The van der Waals surface area contributed by atoms with Crippen molar-refractivity contribution in [3.8, 4) is 0 Å². The lowest BCUT2D eigenvalue weighted by Gasteiger charge is -2.29. The molecule has 198 valence electrons. The first-order valence-corrected chi connectivity index (χ1v) is 14.8. The van der Waals surface area contributed by atoms with Crippen molar-refractivity contribution in [2.45, 2.75) is 91.0 Å². The number of fused-ring (bicyclic) bond motifs is 2. The minimum absolute atomic E-state index is 0.0917. The number of amides is 2. The Bertz CT molecular complexity index is 962. The van der Waals surface area contributed by atoms with Gasteiger partial charge in [0.05, 0.1) is 23.7 Å². The van der Waals surface area contributed by atoms with E-state index in [9.17, 15) is 23.1 Å². The Kier molecular flexibility index (Phi) is 11.2. The number of benzene rings is 1. The lowest BCUT2D eigenvalue weighted by molar-refractivity contribution is -0.126. The van der Waals surface area contributed by atoms with Crippen LogP contribution in [0.3, 0.4) is 0 Å². The number of aryl methyl sites for hydroxylation is 2. The molecule has 1 aliphatic heterocycles. The normalized spacial score (nSPS) is 25.1. The fourth-order valence-electron chi connectivity index (χ4n) is 4.74. The summed E-state index contributed by atoms with van der Waals surface area (Å²) in [6.07, 6.45) is 3.40. The molecule has 0 radical (unpaired) electrons. The van der Waals surface area contributed by atoms with Gasteiger partial charge in [0.2, 0.25) is 11.8 Å². The second kappa shape index (κ2) is 13.4. The van der Waals surface area contributed by atoms with Crippen molar-refractivity contribution in [1.29, 1.82) is 0 Å². The first-order valence-electron chi connectivity index (χ1n) is 13.0. The zero-order valence-corrected chi connectivity index (χ0v) is 22.8. The average Bonchev–Trinajstić information content (AvgIpc) is 2.75. The lowest BCUT2D eigenvalue weighted by atomic mass is 9.88. The van der Waals surface area contributed by atoms with E-state index in [4.69, 9.17) is 0 Å². The van der Waals surface area contributed by atoms with Gasteiger partial charge in [0.25, 0.3) is 0 Å². The number of aliphatic hydroxyl groups excluding tert-OH is 1. The molecular formula is C27H44N2O5S. The molecule has 0 unspecified atom stereocenters. The predicted octanol–water partition coefficient (Wildman–Crippen LogP) is 3.31.